The minimum absolute atomic E-state index is 0.00549. The van der Waals surface area contributed by atoms with E-state index in [4.69, 9.17) is 17.3 Å². The summed E-state index contributed by atoms with van der Waals surface area (Å²) in [6.07, 6.45) is 17.4. The number of carbonyl (C=O) groups excluding carboxylic acids is 5. The van der Waals surface area contributed by atoms with Gasteiger partial charge in [-0.1, -0.05) is 163 Å². The third-order valence-electron chi connectivity index (χ3n) is 21.9. The number of fused-ring (bicyclic) bond motifs is 4. The fourth-order valence-electron chi connectivity index (χ4n) is 14.8. The van der Waals surface area contributed by atoms with Crippen LogP contribution in [0.1, 0.15) is 90.7 Å². The predicted octanol–water partition coefficient (Wildman–Crippen LogP) is 21.4. The van der Waals surface area contributed by atoms with Crippen LogP contribution in [0.3, 0.4) is 0 Å². The van der Waals surface area contributed by atoms with E-state index in [9.17, 15) is 60.2 Å². The van der Waals surface area contributed by atoms with Gasteiger partial charge in [0.05, 0.1) is 47.0 Å². The smallest absolute Gasteiger partial charge is 0.259 e. The van der Waals surface area contributed by atoms with E-state index in [-0.39, 0.29) is 137 Å². The maximum absolute atomic E-state index is 13.2. The number of aromatic nitrogens is 16. The molecule has 0 spiro atoms. The number of carbonyl (C=O) groups is 5. The van der Waals surface area contributed by atoms with Crippen molar-refractivity contribution in [2.75, 3.05) is 21.3 Å². The first kappa shape index (κ1) is 96.2. The van der Waals surface area contributed by atoms with Crippen LogP contribution in [0.15, 0.2) is 352 Å². The summed E-state index contributed by atoms with van der Waals surface area (Å²) >= 11 is 6.01. The molecule has 0 saturated carbocycles. The summed E-state index contributed by atoms with van der Waals surface area (Å²) < 4.78 is 5.02. The van der Waals surface area contributed by atoms with Crippen molar-refractivity contribution in [1.29, 1.82) is 15.8 Å². The minimum atomic E-state index is -0.781. The molecule has 41 nitrogen and oxygen atoms in total. The van der Waals surface area contributed by atoms with Crippen LogP contribution < -0.4 is 27.0 Å². The third kappa shape index (κ3) is 21.2. The van der Waals surface area contributed by atoms with Crippen molar-refractivity contribution in [2.24, 2.45) is 46.6 Å². The molecule has 0 unspecified atom stereocenters. The molecule has 42 heteroatoms. The Kier molecular flexibility index (Phi) is 28.7. The van der Waals surface area contributed by atoms with Gasteiger partial charge in [-0.3, -0.25) is 24.0 Å². The van der Waals surface area contributed by atoms with Gasteiger partial charge in [0.15, 0.2) is 46.3 Å². The number of nitrogens with two attached hydrogens (primary N) is 1. The highest BCUT2D eigenvalue weighted by molar-refractivity contribution is 6.31. The standard InChI is InChI=1S/C27H20N8O2.C26H20N8O3.C26H18N8O2.C25H15ClN8O2/c1-16-8-9-22(17(2)12-16)32-26(37)21-13-18-6-3-4-7-20(18)23(24(21)36)33-34-25-19(14-28)15-31-35(25)27-29-10-5-11-30-27;1-15-7-2-5-10-20(15)31-25(37)18-13-16-8-3-4-9-17(16)21(22(18)35)32-33-24-19(23(27)36)14-30-34(24)26-28-11-6-12-29-26;1-16-6-4-8-19(12-16)31-25(36)21-13-17-7-2-3-9-20(17)22(23(21)35)32-33-24-18(14-27)15-30-34(24)26-28-10-5-11-29-26;26-17-6-3-7-18(12-17)31-24(36)20-11-15-5-1-2-8-19(15)21(22(20)35)32-33-23-16(13-27)14-30-34(23)25-28-9-4-10-29-25/h3-13,15,36H,1-2H3,(H,32,37);2-14,35H,1H3,(H2,27,36)(H,31,37);2-13,15,35H,1H3,(H,31,36);1-12,14,35H,(H,31,36). The number of primary amides is 1. The number of nitriles is 3. The molecule has 0 aliphatic carbocycles. The van der Waals surface area contributed by atoms with Crippen LogP contribution in [0.4, 0.5) is 68.8 Å². The first-order valence-electron chi connectivity index (χ1n) is 43.8. The quantitative estimate of drug-likeness (QED) is 0.0302. The predicted molar refractivity (Wildman–Crippen MR) is 540 cm³/mol. The van der Waals surface area contributed by atoms with Gasteiger partial charge >= 0.3 is 0 Å². The third-order valence-corrected chi connectivity index (χ3v) is 22.1. The van der Waals surface area contributed by atoms with Gasteiger partial charge in [-0.05, 0) is 157 Å². The molecule has 0 fully saturated rings. The van der Waals surface area contributed by atoms with Crippen LogP contribution in [0.5, 0.6) is 23.0 Å². The highest BCUT2D eigenvalue weighted by atomic mass is 35.5. The van der Waals surface area contributed by atoms with Gasteiger partial charge in [0, 0.05) is 98.9 Å². The van der Waals surface area contributed by atoms with Crippen LogP contribution in [0, 0.1) is 61.7 Å². The number of para-hydroxylation sites is 1. The van der Waals surface area contributed by atoms with Crippen LogP contribution in [0.25, 0.3) is 66.9 Å². The molecule has 0 aliphatic heterocycles. The van der Waals surface area contributed by atoms with Crippen molar-refractivity contribution in [3.05, 3.63) is 383 Å². The first-order valence-corrected chi connectivity index (χ1v) is 44.2. The monoisotopic (exact) mass is 1950 g/mol. The van der Waals surface area contributed by atoms with E-state index in [1.165, 1.54) is 93.1 Å². The topological polar surface area (TPSA) is 585 Å². The van der Waals surface area contributed by atoms with E-state index in [1.807, 2.05) is 113 Å². The lowest BCUT2D eigenvalue weighted by atomic mass is 10.0. The lowest BCUT2D eigenvalue weighted by molar-refractivity contribution is 0.0995. The average molecular weight is 1950 g/mol. The van der Waals surface area contributed by atoms with Crippen LogP contribution in [0.2, 0.25) is 5.02 Å². The molecule has 710 valence electrons. The van der Waals surface area contributed by atoms with Gasteiger partial charge < -0.3 is 47.4 Å². The zero-order valence-electron chi connectivity index (χ0n) is 76.8. The second-order valence-electron chi connectivity index (χ2n) is 31.6. The number of amides is 5. The summed E-state index contributed by atoms with van der Waals surface area (Å²) in [5, 5.41) is 140. The second-order valence-corrected chi connectivity index (χ2v) is 32.0. The SMILES string of the molecule is Cc1ccc(NC(=O)c2cc3ccccc3c(N=Nc3c(C#N)cnn3-c3ncccn3)c2O)c(C)c1.Cc1cccc(NC(=O)c2cc3ccccc3c(N=Nc3c(C#N)cnn3-c3ncccn3)c2O)c1.Cc1ccccc1NC(=O)c1cc2ccccc2c(N=Nc2c(C(N)=O)cnn2-c2ncccn2)c1O.N#Cc1cnn(-c2ncccn2)c1N=Nc1c(O)c(C(=O)Nc2cccc(Cl)c2)cc2ccccc12. The number of azo groups is 4. The van der Waals surface area contributed by atoms with Gasteiger partial charge in [0.25, 0.3) is 53.3 Å². The van der Waals surface area contributed by atoms with Crippen molar-refractivity contribution in [1.82, 2.24) is 79.0 Å². The molecule has 20 aromatic rings. The zero-order valence-corrected chi connectivity index (χ0v) is 77.6. The maximum atomic E-state index is 13.2. The van der Waals surface area contributed by atoms with Crippen LogP contribution >= 0.6 is 11.6 Å². The van der Waals surface area contributed by atoms with E-state index in [0.717, 1.165) is 22.3 Å². The Morgan fingerprint density at radius 2 is 0.623 bits per heavy atom. The largest absolute Gasteiger partial charge is 0.505 e. The highest BCUT2D eigenvalue weighted by Crippen LogP contribution is 2.46. The normalized spacial score (nSPS) is 11.1. The number of halogens is 1. The maximum Gasteiger partial charge on any atom is 0.259 e. The van der Waals surface area contributed by atoms with Crippen LogP contribution in [-0.4, -0.2) is 129 Å². The Morgan fingerprint density at radius 3 is 0.966 bits per heavy atom. The number of phenolic OH excluding ortho intramolecular Hbond substituents is 4. The van der Waals surface area contributed by atoms with Gasteiger partial charge in [-0.15, -0.1) is 40.9 Å². The zero-order chi connectivity index (χ0) is 102. The number of benzene rings is 12. The number of phenols is 4. The average Bonchev–Trinajstić information content (AvgIpc) is 1.42. The number of aryl methyl sites for hydroxylation is 4. The Morgan fingerprint density at radius 1 is 0.315 bits per heavy atom. The Bertz CT molecular complexity index is 8510. The van der Waals surface area contributed by atoms with E-state index in [1.54, 1.807) is 170 Å². The minimum Gasteiger partial charge on any atom is -0.505 e. The molecule has 146 heavy (non-hydrogen) atoms. The number of aromatic hydroxyl groups is 4. The number of hydrogen-bond acceptors (Lipinski definition) is 32. The molecule has 5 amide bonds. The fourth-order valence-corrected chi connectivity index (χ4v) is 15.0. The molecule has 0 saturated heterocycles. The molecule has 20 rings (SSSR count). The van der Waals surface area contributed by atoms with E-state index in [0.29, 0.717) is 70.9 Å². The number of rotatable bonds is 21. The van der Waals surface area contributed by atoms with E-state index < -0.39 is 29.5 Å². The van der Waals surface area contributed by atoms with Crippen molar-refractivity contribution in [3.8, 4) is 65.0 Å². The van der Waals surface area contributed by atoms with E-state index >= 15 is 0 Å². The Balaban J connectivity index is 0.000000133. The van der Waals surface area contributed by atoms with Crippen LogP contribution in [-0.2, 0) is 0 Å². The van der Waals surface area contributed by atoms with Crippen molar-refractivity contribution < 1.29 is 44.4 Å². The molecule has 0 aliphatic rings. The summed E-state index contributed by atoms with van der Waals surface area (Å²) in [5.41, 5.74) is 12.3. The molecule has 10 N–H and O–H groups in total. The lowest BCUT2D eigenvalue weighted by Gasteiger charge is -2.13. The summed E-state index contributed by atoms with van der Waals surface area (Å²) in [6.45, 7) is 7.65. The molecular formula is C104H73ClN32O9. The number of nitrogens with one attached hydrogen (secondary N) is 4. The van der Waals surface area contributed by atoms with Crippen molar-refractivity contribution in [3.63, 3.8) is 0 Å². The molecular weight excluding hydrogens is 1880 g/mol. The number of hydrogen-bond donors (Lipinski definition) is 9. The lowest BCUT2D eigenvalue weighted by Crippen LogP contribution is -2.13. The Hall–Kier alpha value is -21.4. The molecule has 0 radical (unpaired) electrons. The van der Waals surface area contributed by atoms with Gasteiger partial charge in [-0.2, -0.15) is 54.9 Å². The summed E-state index contributed by atoms with van der Waals surface area (Å²) in [7, 11) is 0. The molecule has 0 bridgehead atoms. The summed E-state index contributed by atoms with van der Waals surface area (Å²) in [4.78, 5) is 97.6. The van der Waals surface area contributed by atoms with E-state index in [2.05, 4.69) is 122 Å². The number of anilines is 4. The summed E-state index contributed by atoms with van der Waals surface area (Å²) in [6, 6.07) is 74.5. The molecule has 8 aromatic heterocycles. The molecule has 0 atom stereocenters. The number of nitrogens with zero attached hydrogens (tertiary/aromatic N) is 27. The molecule has 12 aromatic carbocycles. The molecule has 8 heterocycles. The van der Waals surface area contributed by atoms with Gasteiger partial charge in [-0.25, -0.2) is 39.9 Å². The van der Waals surface area contributed by atoms with Crippen molar-refractivity contribution in [2.45, 2.75) is 27.7 Å². The second kappa shape index (κ2) is 43.5. The Labute approximate surface area is 830 Å². The highest BCUT2D eigenvalue weighted by Gasteiger charge is 2.28. The van der Waals surface area contributed by atoms with Gasteiger partial charge in [0.1, 0.15) is 63.2 Å². The van der Waals surface area contributed by atoms with Gasteiger partial charge in [0.2, 0.25) is 0 Å². The summed E-state index contributed by atoms with van der Waals surface area (Å²) in [5.74, 6) is -3.34. The fraction of sp³-hybridized carbons (Fsp3) is 0.0385. The first-order chi connectivity index (χ1) is 71.0. The van der Waals surface area contributed by atoms with Crippen molar-refractivity contribution >= 4 is 153 Å².